The van der Waals surface area contributed by atoms with E-state index in [1.165, 1.54) is 0 Å². The van der Waals surface area contributed by atoms with Crippen molar-refractivity contribution in [2.24, 2.45) is 0 Å². The van der Waals surface area contributed by atoms with Crippen LogP contribution in [0.15, 0.2) is 54.7 Å². The number of carbonyl (C=O) groups excluding carboxylic acids is 1. The zero-order valence-corrected chi connectivity index (χ0v) is 16.1. The molecule has 0 aliphatic carbocycles. The third-order valence-electron chi connectivity index (χ3n) is 3.33. The first-order chi connectivity index (χ1) is 11.0. The van der Waals surface area contributed by atoms with Gasteiger partial charge in [0.2, 0.25) is 5.91 Å². The molecule has 0 fully saturated rings. The molecule has 129 valence electrons. The highest BCUT2D eigenvalue weighted by Crippen LogP contribution is 2.26. The van der Waals surface area contributed by atoms with Gasteiger partial charge in [-0.2, -0.15) is 0 Å². The molecule has 3 nitrogen and oxygen atoms in total. The van der Waals surface area contributed by atoms with Gasteiger partial charge in [0.15, 0.2) is 0 Å². The van der Waals surface area contributed by atoms with Crippen molar-refractivity contribution in [2.75, 3.05) is 11.9 Å². The van der Waals surface area contributed by atoms with Crippen molar-refractivity contribution in [3.05, 3.63) is 60.3 Å². The lowest BCUT2D eigenvalue weighted by atomic mass is 9.83. The summed E-state index contributed by atoms with van der Waals surface area (Å²) in [5.74, 6) is 0.689. The van der Waals surface area contributed by atoms with Crippen LogP contribution in [0.25, 0.3) is 0 Å². The minimum absolute atomic E-state index is 0. The van der Waals surface area contributed by atoms with E-state index in [0.29, 0.717) is 5.82 Å². The van der Waals surface area contributed by atoms with Gasteiger partial charge in [-0.15, -0.1) is 0 Å². The number of carbonyl (C=O) groups is 1. The van der Waals surface area contributed by atoms with Gasteiger partial charge in [0.1, 0.15) is 5.82 Å². The first-order valence-electron chi connectivity index (χ1n) is 8.28. The smallest absolute Gasteiger partial charge is 0.237 e. The van der Waals surface area contributed by atoms with E-state index in [9.17, 15) is 4.79 Å². The number of nitrogens with zero attached hydrogens (tertiary/aromatic N) is 2. The normalized spacial score (nSPS) is 9.29. The van der Waals surface area contributed by atoms with Crippen molar-refractivity contribution in [3.8, 4) is 0 Å². The molecular formula is C20H30BN2O. The predicted molar refractivity (Wildman–Crippen MR) is 106 cm³/mol. The highest BCUT2D eigenvalue weighted by Gasteiger charge is 2.33. The molecule has 0 saturated heterocycles. The topological polar surface area (TPSA) is 33.2 Å². The van der Waals surface area contributed by atoms with E-state index in [0.717, 1.165) is 5.56 Å². The Labute approximate surface area is 149 Å². The Hall–Kier alpha value is -2.10. The van der Waals surface area contributed by atoms with Gasteiger partial charge in [-0.1, -0.05) is 64.1 Å². The van der Waals surface area contributed by atoms with Crippen molar-refractivity contribution in [3.63, 3.8) is 0 Å². The van der Waals surface area contributed by atoms with Crippen LogP contribution in [0.4, 0.5) is 5.82 Å². The number of pyridine rings is 1. The summed E-state index contributed by atoms with van der Waals surface area (Å²) in [6.07, 6.45) is 1.69. The SMILES string of the molecule is CC.CC.CN(C(=O)C(C)(C)c1ccccc1)c1ccccn1.[B]. The van der Waals surface area contributed by atoms with E-state index >= 15 is 0 Å². The summed E-state index contributed by atoms with van der Waals surface area (Å²) in [5.41, 5.74) is 0.427. The molecule has 3 radical (unpaired) electrons. The van der Waals surface area contributed by atoms with Gasteiger partial charge in [0.05, 0.1) is 5.41 Å². The number of amides is 1. The molecule has 2 aromatic rings. The third-order valence-corrected chi connectivity index (χ3v) is 3.33. The second-order valence-corrected chi connectivity index (χ2v) is 5.04. The molecule has 0 N–H and O–H groups in total. The summed E-state index contributed by atoms with van der Waals surface area (Å²) in [4.78, 5) is 18.5. The average molecular weight is 325 g/mol. The van der Waals surface area contributed by atoms with Crippen LogP contribution in [0.5, 0.6) is 0 Å². The fourth-order valence-electron chi connectivity index (χ4n) is 2.05. The Morgan fingerprint density at radius 1 is 0.917 bits per heavy atom. The first-order valence-corrected chi connectivity index (χ1v) is 8.28. The van der Waals surface area contributed by atoms with E-state index < -0.39 is 5.41 Å². The molecule has 0 unspecified atom stereocenters. The molecule has 24 heavy (non-hydrogen) atoms. The van der Waals surface area contributed by atoms with Gasteiger partial charge in [-0.25, -0.2) is 4.98 Å². The monoisotopic (exact) mass is 325 g/mol. The second kappa shape index (κ2) is 12.3. The molecule has 2 rings (SSSR count). The zero-order valence-electron chi connectivity index (χ0n) is 16.1. The van der Waals surface area contributed by atoms with Crippen molar-refractivity contribution >= 4 is 20.1 Å². The van der Waals surface area contributed by atoms with Gasteiger partial charge in [-0.05, 0) is 31.5 Å². The van der Waals surface area contributed by atoms with Crippen molar-refractivity contribution < 1.29 is 4.79 Å². The third kappa shape index (κ3) is 6.19. The van der Waals surface area contributed by atoms with Crippen LogP contribution in [0.2, 0.25) is 0 Å². The average Bonchev–Trinajstić information content (AvgIpc) is 2.65. The number of hydrogen-bond donors (Lipinski definition) is 0. The lowest BCUT2D eigenvalue weighted by Gasteiger charge is -2.29. The minimum atomic E-state index is -0.576. The second-order valence-electron chi connectivity index (χ2n) is 5.04. The van der Waals surface area contributed by atoms with Crippen molar-refractivity contribution in [2.45, 2.75) is 47.0 Å². The number of rotatable bonds is 3. The van der Waals surface area contributed by atoms with Crippen LogP contribution < -0.4 is 4.90 Å². The lowest BCUT2D eigenvalue weighted by molar-refractivity contribution is -0.122. The molecule has 1 aromatic carbocycles. The summed E-state index contributed by atoms with van der Waals surface area (Å²) >= 11 is 0. The van der Waals surface area contributed by atoms with Gasteiger partial charge in [0, 0.05) is 21.7 Å². The molecule has 0 aliphatic heterocycles. The maximum Gasteiger partial charge on any atom is 0.237 e. The number of hydrogen-bond acceptors (Lipinski definition) is 2. The number of benzene rings is 1. The van der Waals surface area contributed by atoms with E-state index in [1.54, 1.807) is 18.1 Å². The Kier molecular flexibility index (Phi) is 12.4. The van der Waals surface area contributed by atoms with Gasteiger partial charge >= 0.3 is 0 Å². The molecule has 1 heterocycles. The fourth-order valence-corrected chi connectivity index (χ4v) is 2.05. The number of anilines is 1. The maximum absolute atomic E-state index is 12.7. The molecule has 0 spiro atoms. The van der Waals surface area contributed by atoms with E-state index in [1.807, 2.05) is 90.1 Å². The molecule has 0 aliphatic rings. The molecule has 0 bridgehead atoms. The zero-order chi connectivity index (χ0) is 17.9. The van der Waals surface area contributed by atoms with E-state index in [-0.39, 0.29) is 14.3 Å². The van der Waals surface area contributed by atoms with Gasteiger partial charge < -0.3 is 0 Å². The van der Waals surface area contributed by atoms with Crippen molar-refractivity contribution in [1.29, 1.82) is 0 Å². The first kappa shape index (κ1) is 24.2. The van der Waals surface area contributed by atoms with Crippen LogP contribution in [0.1, 0.15) is 47.1 Å². The van der Waals surface area contributed by atoms with Crippen LogP contribution in [-0.4, -0.2) is 26.4 Å². The highest BCUT2D eigenvalue weighted by molar-refractivity contribution is 5.99. The predicted octanol–water partition coefficient (Wildman–Crippen LogP) is 4.69. The van der Waals surface area contributed by atoms with Gasteiger partial charge in [0.25, 0.3) is 0 Å². The molecular weight excluding hydrogens is 295 g/mol. The summed E-state index contributed by atoms with van der Waals surface area (Å²) < 4.78 is 0. The van der Waals surface area contributed by atoms with Gasteiger partial charge in [-0.3, -0.25) is 9.69 Å². The minimum Gasteiger partial charge on any atom is -0.299 e. The van der Waals surface area contributed by atoms with Crippen LogP contribution in [0, 0.1) is 0 Å². The Balaban J connectivity index is 0. The summed E-state index contributed by atoms with van der Waals surface area (Å²) in [5, 5.41) is 0. The van der Waals surface area contributed by atoms with E-state index in [4.69, 9.17) is 0 Å². The maximum atomic E-state index is 12.7. The number of aromatic nitrogens is 1. The Morgan fingerprint density at radius 2 is 1.42 bits per heavy atom. The number of likely N-dealkylation sites (N-methyl/N-ethyl adjacent to an activating group) is 1. The Bertz CT molecular complexity index is 556. The Morgan fingerprint density at radius 3 is 1.88 bits per heavy atom. The highest BCUT2D eigenvalue weighted by atomic mass is 16.2. The summed E-state index contributed by atoms with van der Waals surface area (Å²) in [7, 11) is 1.76. The molecule has 1 amide bonds. The quantitative estimate of drug-likeness (QED) is 0.767. The van der Waals surface area contributed by atoms with Crippen LogP contribution in [-0.2, 0) is 10.2 Å². The fraction of sp³-hybridized carbons (Fsp3) is 0.400. The summed E-state index contributed by atoms with van der Waals surface area (Å²) in [6.45, 7) is 11.9. The molecule has 1 aromatic heterocycles. The standard InChI is InChI=1S/C16H18N2O.2C2H6.B/c1-16(2,13-9-5-4-6-10-13)15(19)18(3)14-11-7-8-12-17-14;2*1-2;/h4-12H,1-3H3;2*1-2H3;. The molecule has 4 heteroatoms. The van der Waals surface area contributed by atoms with E-state index in [2.05, 4.69) is 4.98 Å². The lowest BCUT2D eigenvalue weighted by Crippen LogP contribution is -2.41. The molecule has 0 saturated carbocycles. The summed E-state index contributed by atoms with van der Waals surface area (Å²) in [6, 6.07) is 15.3. The van der Waals surface area contributed by atoms with Crippen molar-refractivity contribution in [1.82, 2.24) is 4.98 Å². The van der Waals surface area contributed by atoms with Crippen LogP contribution in [0.3, 0.4) is 0 Å². The molecule has 0 atom stereocenters. The largest absolute Gasteiger partial charge is 0.299 e. The van der Waals surface area contributed by atoms with Crippen LogP contribution >= 0.6 is 0 Å².